The number of hydrogen-bond donors (Lipinski definition) is 1. The van der Waals surface area contributed by atoms with Gasteiger partial charge in [0, 0.05) is 32.8 Å². The van der Waals surface area contributed by atoms with Crippen LogP contribution in [0.25, 0.3) is 0 Å². The number of aryl methyl sites for hydroxylation is 1. The number of nitrogens with zero attached hydrogens (tertiary/aromatic N) is 2. The fraction of sp³-hybridized carbons (Fsp3) is 0.571. The predicted octanol–water partition coefficient (Wildman–Crippen LogP) is 1.87. The number of carbonyl (C=O) groups excluding carboxylic acids is 1. The lowest BCUT2D eigenvalue weighted by atomic mass is 10.2. The molecule has 0 aliphatic carbocycles. The van der Waals surface area contributed by atoms with Crippen molar-refractivity contribution in [2.75, 3.05) is 13.7 Å². The lowest BCUT2D eigenvalue weighted by Crippen LogP contribution is -2.41. The maximum absolute atomic E-state index is 12.7. The second-order valence-electron chi connectivity index (χ2n) is 5.14. The highest BCUT2D eigenvalue weighted by Crippen LogP contribution is 2.24. The number of carbonyl (C=O) groups is 2. The van der Waals surface area contributed by atoms with E-state index >= 15 is 0 Å². The summed E-state index contributed by atoms with van der Waals surface area (Å²) in [5, 5.41) is 9.76. The van der Waals surface area contributed by atoms with Gasteiger partial charge in [0.2, 0.25) is 0 Å². The molecule has 116 valence electrons. The number of aromatic nitrogens is 1. The van der Waals surface area contributed by atoms with Crippen molar-refractivity contribution in [3.8, 4) is 0 Å². The molecule has 1 aromatic rings. The summed E-state index contributed by atoms with van der Waals surface area (Å²) in [5.41, 5.74) is 0.421. The van der Waals surface area contributed by atoms with Gasteiger partial charge < -0.3 is 19.3 Å². The van der Waals surface area contributed by atoms with Crippen molar-refractivity contribution in [1.29, 1.82) is 0 Å². The molecule has 2 rings (SSSR count). The molecule has 2 unspecified atom stereocenters. The van der Waals surface area contributed by atoms with E-state index in [0.29, 0.717) is 23.7 Å². The first-order valence-corrected chi connectivity index (χ1v) is 7.28. The molecule has 1 saturated heterocycles. The van der Waals surface area contributed by atoms with E-state index < -0.39 is 12.0 Å². The van der Waals surface area contributed by atoms with Gasteiger partial charge in [-0.1, -0.05) is 18.5 Å². The van der Waals surface area contributed by atoms with E-state index in [9.17, 15) is 14.7 Å². The number of hydrogen-bond acceptors (Lipinski definition) is 3. The number of ether oxygens (including phenoxy) is 1. The van der Waals surface area contributed by atoms with Gasteiger partial charge in [0.25, 0.3) is 5.91 Å². The number of rotatable bonds is 5. The van der Waals surface area contributed by atoms with E-state index in [1.165, 1.54) is 12.0 Å². The van der Waals surface area contributed by atoms with Gasteiger partial charge in [0.05, 0.1) is 11.1 Å². The zero-order chi connectivity index (χ0) is 15.6. The minimum absolute atomic E-state index is 0.250. The first-order valence-electron chi connectivity index (χ1n) is 6.90. The van der Waals surface area contributed by atoms with Crippen LogP contribution in [-0.4, -0.2) is 52.3 Å². The molecule has 1 aromatic heterocycles. The fourth-order valence-corrected chi connectivity index (χ4v) is 2.87. The van der Waals surface area contributed by atoms with Crippen LogP contribution < -0.4 is 0 Å². The number of amides is 1. The molecule has 6 nitrogen and oxygen atoms in total. The lowest BCUT2D eigenvalue weighted by molar-refractivity contribution is -0.141. The van der Waals surface area contributed by atoms with Crippen molar-refractivity contribution in [2.24, 2.45) is 0 Å². The Morgan fingerprint density at radius 2 is 2.24 bits per heavy atom. The van der Waals surface area contributed by atoms with Crippen LogP contribution in [0.3, 0.4) is 0 Å². The smallest absolute Gasteiger partial charge is 0.326 e. The molecule has 1 amide bonds. The summed E-state index contributed by atoms with van der Waals surface area (Å²) in [6.45, 7) is 2.94. The number of halogens is 1. The zero-order valence-corrected chi connectivity index (χ0v) is 12.8. The first kappa shape index (κ1) is 15.9. The monoisotopic (exact) mass is 314 g/mol. The molecule has 2 atom stereocenters. The Bertz CT molecular complexity index is 543. The molecular formula is C14H19ClN2O4. The largest absolute Gasteiger partial charge is 0.480 e. The Hall–Kier alpha value is -1.53. The number of carboxylic acid groups (broad SMARTS) is 1. The van der Waals surface area contributed by atoms with Crippen molar-refractivity contribution in [3.05, 3.63) is 23.0 Å². The van der Waals surface area contributed by atoms with Crippen molar-refractivity contribution in [1.82, 2.24) is 9.47 Å². The van der Waals surface area contributed by atoms with Gasteiger partial charge in [-0.15, -0.1) is 0 Å². The quantitative estimate of drug-likeness (QED) is 0.900. The molecule has 2 heterocycles. The van der Waals surface area contributed by atoms with Crippen molar-refractivity contribution in [3.63, 3.8) is 0 Å². The number of likely N-dealkylation sites (tertiary alicyclic amines) is 1. The second-order valence-corrected chi connectivity index (χ2v) is 5.58. The van der Waals surface area contributed by atoms with Crippen LogP contribution in [0.1, 0.15) is 30.3 Å². The number of carboxylic acids is 1. The van der Waals surface area contributed by atoms with E-state index in [2.05, 4.69) is 0 Å². The topological polar surface area (TPSA) is 71.8 Å². The third-order valence-corrected chi connectivity index (χ3v) is 3.90. The molecule has 1 aliphatic rings. The minimum Gasteiger partial charge on any atom is -0.480 e. The van der Waals surface area contributed by atoms with Gasteiger partial charge >= 0.3 is 5.97 Å². The second kappa shape index (κ2) is 6.49. The average Bonchev–Trinajstić information content (AvgIpc) is 3.02. The standard InChI is InChI=1S/C14H19ClN2O4/c1-3-4-16-7-9(15)5-11(16)13(18)17-8-10(21-2)6-12(17)14(19)20/h5,7,10,12H,3-4,6,8H2,1-2H3,(H,19,20). The van der Waals surface area contributed by atoms with E-state index in [1.54, 1.807) is 16.8 Å². The minimum atomic E-state index is -1.01. The van der Waals surface area contributed by atoms with Crippen LogP contribution in [0.5, 0.6) is 0 Å². The van der Waals surface area contributed by atoms with Crippen molar-refractivity contribution in [2.45, 2.75) is 38.5 Å². The lowest BCUT2D eigenvalue weighted by Gasteiger charge is -2.22. The molecule has 0 aromatic carbocycles. The summed E-state index contributed by atoms with van der Waals surface area (Å²) in [7, 11) is 1.52. The predicted molar refractivity (Wildman–Crippen MR) is 77.6 cm³/mol. The fourth-order valence-electron chi connectivity index (χ4n) is 2.65. The number of methoxy groups -OCH3 is 1. The Morgan fingerprint density at radius 3 is 2.81 bits per heavy atom. The normalized spacial score (nSPS) is 21.8. The summed E-state index contributed by atoms with van der Waals surface area (Å²) in [6.07, 6.45) is 2.60. The van der Waals surface area contributed by atoms with Gasteiger partial charge in [-0.25, -0.2) is 4.79 Å². The zero-order valence-electron chi connectivity index (χ0n) is 12.1. The molecule has 0 bridgehead atoms. The van der Waals surface area contributed by atoms with Gasteiger partial charge in [-0.2, -0.15) is 0 Å². The van der Waals surface area contributed by atoms with Crippen molar-refractivity contribution < 1.29 is 19.4 Å². The summed E-state index contributed by atoms with van der Waals surface area (Å²) < 4.78 is 6.97. The summed E-state index contributed by atoms with van der Waals surface area (Å²) in [6, 6.07) is 0.727. The third-order valence-electron chi connectivity index (χ3n) is 3.69. The van der Waals surface area contributed by atoms with Crippen molar-refractivity contribution >= 4 is 23.5 Å². The highest BCUT2D eigenvalue weighted by molar-refractivity contribution is 6.31. The summed E-state index contributed by atoms with van der Waals surface area (Å²) in [4.78, 5) is 25.4. The van der Waals surface area contributed by atoms with Gasteiger partial charge in [0.15, 0.2) is 0 Å². The molecule has 1 fully saturated rings. The average molecular weight is 315 g/mol. The van der Waals surface area contributed by atoms with E-state index in [1.807, 2.05) is 6.92 Å². The van der Waals surface area contributed by atoms with Crippen LogP contribution in [0.4, 0.5) is 0 Å². The maximum atomic E-state index is 12.7. The molecule has 0 saturated carbocycles. The van der Waals surface area contributed by atoms with E-state index in [-0.39, 0.29) is 18.6 Å². The molecule has 21 heavy (non-hydrogen) atoms. The van der Waals surface area contributed by atoms with Crippen LogP contribution >= 0.6 is 11.6 Å². The Kier molecular flexibility index (Phi) is 4.90. The Labute approximate surface area is 128 Å². The van der Waals surface area contributed by atoms with Crippen LogP contribution in [0.15, 0.2) is 12.3 Å². The molecule has 7 heteroatoms. The molecular weight excluding hydrogens is 296 g/mol. The molecule has 0 spiro atoms. The Balaban J connectivity index is 2.27. The SMILES string of the molecule is CCCn1cc(Cl)cc1C(=O)N1CC(OC)CC1C(=O)O. The summed E-state index contributed by atoms with van der Waals surface area (Å²) >= 11 is 5.97. The third kappa shape index (κ3) is 3.22. The Morgan fingerprint density at radius 1 is 1.52 bits per heavy atom. The van der Waals surface area contributed by atoms with E-state index in [0.717, 1.165) is 6.42 Å². The molecule has 0 radical (unpaired) electrons. The molecule has 1 aliphatic heterocycles. The van der Waals surface area contributed by atoms with Crippen LogP contribution in [0, 0.1) is 0 Å². The van der Waals surface area contributed by atoms with Crippen LogP contribution in [-0.2, 0) is 16.1 Å². The maximum Gasteiger partial charge on any atom is 0.326 e. The van der Waals surface area contributed by atoms with E-state index in [4.69, 9.17) is 16.3 Å². The number of aliphatic carboxylic acids is 1. The van der Waals surface area contributed by atoms with Gasteiger partial charge in [-0.3, -0.25) is 4.79 Å². The van der Waals surface area contributed by atoms with Gasteiger partial charge in [-0.05, 0) is 12.5 Å². The highest BCUT2D eigenvalue weighted by Gasteiger charge is 2.40. The highest BCUT2D eigenvalue weighted by atomic mass is 35.5. The summed E-state index contributed by atoms with van der Waals surface area (Å²) in [5.74, 6) is -1.33. The molecule has 1 N–H and O–H groups in total. The first-order chi connectivity index (χ1) is 9.97. The van der Waals surface area contributed by atoms with Gasteiger partial charge in [0.1, 0.15) is 11.7 Å². The van der Waals surface area contributed by atoms with Crippen LogP contribution in [0.2, 0.25) is 5.02 Å².